The molecule has 2 aromatic carbocycles. The maximum absolute atomic E-state index is 12.9. The normalized spacial score (nSPS) is 11.8. The van der Waals surface area contributed by atoms with Crippen molar-refractivity contribution in [1.29, 1.82) is 0 Å². The van der Waals surface area contributed by atoms with Gasteiger partial charge in [0.15, 0.2) is 5.78 Å². The first-order chi connectivity index (χ1) is 14.0. The van der Waals surface area contributed by atoms with Crippen molar-refractivity contribution in [3.8, 4) is 0 Å². The molecule has 1 atom stereocenters. The number of hydrogen-bond donors (Lipinski definition) is 1. The van der Waals surface area contributed by atoms with Crippen LogP contribution in [0.2, 0.25) is 0 Å². The summed E-state index contributed by atoms with van der Waals surface area (Å²) in [6, 6.07) is 17.2. The SMILES string of the molecule is CC(=O)c1cccc(NC(=O)[C@@H](OC(=O)/C=C/c2ccsc2)c2ccccc2)c1. The topological polar surface area (TPSA) is 72.5 Å². The van der Waals surface area contributed by atoms with Crippen molar-refractivity contribution in [2.24, 2.45) is 0 Å². The lowest BCUT2D eigenvalue weighted by Crippen LogP contribution is -2.25. The Balaban J connectivity index is 1.78. The zero-order chi connectivity index (χ0) is 20.6. The molecule has 0 aliphatic heterocycles. The fourth-order valence-corrected chi connectivity index (χ4v) is 3.24. The van der Waals surface area contributed by atoms with Crippen molar-refractivity contribution in [3.63, 3.8) is 0 Å². The molecule has 0 aliphatic carbocycles. The highest BCUT2D eigenvalue weighted by Gasteiger charge is 2.24. The molecule has 1 heterocycles. The van der Waals surface area contributed by atoms with Crippen molar-refractivity contribution in [2.75, 3.05) is 5.32 Å². The van der Waals surface area contributed by atoms with Gasteiger partial charge in [-0.25, -0.2) is 4.79 Å². The van der Waals surface area contributed by atoms with Gasteiger partial charge < -0.3 is 10.1 Å². The first-order valence-electron chi connectivity index (χ1n) is 8.90. The molecule has 0 bridgehead atoms. The van der Waals surface area contributed by atoms with E-state index in [4.69, 9.17) is 4.74 Å². The van der Waals surface area contributed by atoms with E-state index in [0.717, 1.165) is 5.56 Å². The lowest BCUT2D eigenvalue weighted by molar-refractivity contribution is -0.149. The maximum Gasteiger partial charge on any atom is 0.331 e. The summed E-state index contributed by atoms with van der Waals surface area (Å²) < 4.78 is 5.45. The molecule has 3 aromatic rings. The number of thiophene rings is 1. The number of esters is 1. The third-order valence-electron chi connectivity index (χ3n) is 4.07. The number of benzene rings is 2. The number of rotatable bonds is 7. The molecule has 6 heteroatoms. The molecule has 1 N–H and O–H groups in total. The van der Waals surface area contributed by atoms with Crippen LogP contribution in [-0.2, 0) is 14.3 Å². The Kier molecular flexibility index (Phi) is 6.71. The quantitative estimate of drug-likeness (QED) is 0.345. The second kappa shape index (κ2) is 9.61. The van der Waals surface area contributed by atoms with Gasteiger partial charge in [0, 0.05) is 22.9 Å². The van der Waals surface area contributed by atoms with Gasteiger partial charge in [-0.15, -0.1) is 0 Å². The van der Waals surface area contributed by atoms with Crippen LogP contribution >= 0.6 is 11.3 Å². The van der Waals surface area contributed by atoms with Gasteiger partial charge >= 0.3 is 5.97 Å². The van der Waals surface area contributed by atoms with Crippen molar-refractivity contribution in [2.45, 2.75) is 13.0 Å². The van der Waals surface area contributed by atoms with Gasteiger partial charge in [0.2, 0.25) is 6.10 Å². The van der Waals surface area contributed by atoms with Gasteiger partial charge in [-0.2, -0.15) is 11.3 Å². The smallest absolute Gasteiger partial charge is 0.331 e. The molecule has 0 spiro atoms. The summed E-state index contributed by atoms with van der Waals surface area (Å²) >= 11 is 1.52. The number of carbonyl (C=O) groups excluding carboxylic acids is 3. The number of anilines is 1. The van der Waals surface area contributed by atoms with Crippen LogP contribution in [0.1, 0.15) is 34.5 Å². The van der Waals surface area contributed by atoms with E-state index in [1.165, 1.54) is 24.3 Å². The highest BCUT2D eigenvalue weighted by molar-refractivity contribution is 7.08. The van der Waals surface area contributed by atoms with Gasteiger partial charge in [-0.1, -0.05) is 42.5 Å². The van der Waals surface area contributed by atoms with E-state index in [-0.39, 0.29) is 5.78 Å². The number of carbonyl (C=O) groups is 3. The first-order valence-corrected chi connectivity index (χ1v) is 9.85. The van der Waals surface area contributed by atoms with Crippen LogP contribution in [0.3, 0.4) is 0 Å². The van der Waals surface area contributed by atoms with E-state index in [9.17, 15) is 14.4 Å². The number of amides is 1. The molecule has 5 nitrogen and oxygen atoms in total. The summed E-state index contributed by atoms with van der Waals surface area (Å²) in [7, 11) is 0. The Hall–Kier alpha value is -3.51. The van der Waals surface area contributed by atoms with E-state index < -0.39 is 18.0 Å². The van der Waals surface area contributed by atoms with Gasteiger partial charge in [0.05, 0.1) is 0 Å². The second-order valence-corrected chi connectivity index (χ2v) is 7.02. The molecule has 1 aromatic heterocycles. The van der Waals surface area contributed by atoms with Gasteiger partial charge in [0.25, 0.3) is 5.91 Å². The van der Waals surface area contributed by atoms with Crippen molar-refractivity contribution < 1.29 is 19.1 Å². The first kappa shape index (κ1) is 20.2. The predicted octanol–water partition coefficient (Wildman–Crippen LogP) is 4.89. The number of nitrogens with one attached hydrogen (secondary N) is 1. The highest BCUT2D eigenvalue weighted by atomic mass is 32.1. The minimum atomic E-state index is -1.13. The third-order valence-corrected chi connectivity index (χ3v) is 4.77. The molecule has 0 radical (unpaired) electrons. The van der Waals surface area contributed by atoms with Crippen LogP contribution in [-0.4, -0.2) is 17.7 Å². The Morgan fingerprint density at radius 2 is 1.83 bits per heavy atom. The van der Waals surface area contributed by atoms with Crippen molar-refractivity contribution in [1.82, 2.24) is 0 Å². The summed E-state index contributed by atoms with van der Waals surface area (Å²) in [6.45, 7) is 1.45. The molecular weight excluding hydrogens is 386 g/mol. The molecule has 3 rings (SSSR count). The van der Waals surface area contributed by atoms with Crippen LogP contribution in [0.5, 0.6) is 0 Å². The van der Waals surface area contributed by atoms with Crippen LogP contribution in [0, 0.1) is 0 Å². The van der Waals surface area contributed by atoms with Gasteiger partial charge in [0.1, 0.15) is 0 Å². The average Bonchev–Trinajstić information content (AvgIpc) is 3.25. The zero-order valence-corrected chi connectivity index (χ0v) is 16.5. The Morgan fingerprint density at radius 1 is 1.03 bits per heavy atom. The molecule has 0 saturated carbocycles. The van der Waals surface area contributed by atoms with Crippen LogP contribution < -0.4 is 5.32 Å². The Bertz CT molecular complexity index is 1030. The van der Waals surface area contributed by atoms with Gasteiger partial charge in [-0.3, -0.25) is 9.59 Å². The van der Waals surface area contributed by atoms with E-state index in [1.54, 1.807) is 54.6 Å². The Morgan fingerprint density at radius 3 is 2.52 bits per heavy atom. The molecule has 29 heavy (non-hydrogen) atoms. The molecular formula is C23H19NO4S. The number of ketones is 1. The summed E-state index contributed by atoms with van der Waals surface area (Å²) in [5.74, 6) is -1.24. The van der Waals surface area contributed by atoms with E-state index >= 15 is 0 Å². The van der Waals surface area contributed by atoms with Crippen molar-refractivity contribution >= 4 is 40.8 Å². The van der Waals surface area contributed by atoms with E-state index in [1.807, 2.05) is 22.9 Å². The molecule has 0 fully saturated rings. The second-order valence-electron chi connectivity index (χ2n) is 6.24. The van der Waals surface area contributed by atoms with E-state index in [2.05, 4.69) is 5.32 Å². The van der Waals surface area contributed by atoms with Crippen LogP contribution in [0.25, 0.3) is 6.08 Å². The highest BCUT2D eigenvalue weighted by Crippen LogP contribution is 2.21. The standard InChI is InChI=1S/C23H19NO4S/c1-16(25)19-8-5-9-20(14-19)24-23(27)22(18-6-3-2-4-7-18)28-21(26)11-10-17-12-13-29-15-17/h2-15,22H,1H3,(H,24,27)/b11-10+/t22-/m0/s1. The minimum absolute atomic E-state index is 0.106. The summed E-state index contributed by atoms with van der Waals surface area (Å²) in [4.78, 5) is 36.7. The lowest BCUT2D eigenvalue weighted by atomic mass is 10.1. The number of ether oxygens (including phenoxy) is 1. The monoisotopic (exact) mass is 405 g/mol. The minimum Gasteiger partial charge on any atom is -0.444 e. The fraction of sp³-hybridized carbons (Fsp3) is 0.0870. The molecule has 146 valence electrons. The maximum atomic E-state index is 12.9. The number of hydrogen-bond acceptors (Lipinski definition) is 5. The molecule has 0 aliphatic rings. The largest absolute Gasteiger partial charge is 0.444 e. The predicted molar refractivity (Wildman–Crippen MR) is 114 cm³/mol. The average molecular weight is 405 g/mol. The van der Waals surface area contributed by atoms with Gasteiger partial charge in [-0.05, 0) is 47.5 Å². The van der Waals surface area contributed by atoms with Crippen molar-refractivity contribution in [3.05, 3.63) is 94.2 Å². The fourth-order valence-electron chi connectivity index (χ4n) is 2.61. The summed E-state index contributed by atoms with van der Waals surface area (Å²) in [5.41, 5.74) is 2.36. The molecule has 0 unspecified atom stereocenters. The van der Waals surface area contributed by atoms with E-state index in [0.29, 0.717) is 16.8 Å². The van der Waals surface area contributed by atoms with Crippen LogP contribution in [0.4, 0.5) is 5.69 Å². The third kappa shape index (κ3) is 5.73. The lowest BCUT2D eigenvalue weighted by Gasteiger charge is -2.17. The van der Waals surface area contributed by atoms with Crippen LogP contribution in [0.15, 0.2) is 77.5 Å². The number of Topliss-reactive ketones (excluding diaryl/α,β-unsaturated/α-hetero) is 1. The summed E-state index contributed by atoms with van der Waals surface area (Å²) in [5, 5.41) is 6.52. The molecule has 1 amide bonds. The molecule has 0 saturated heterocycles. The summed E-state index contributed by atoms with van der Waals surface area (Å²) in [6.07, 6.45) is 1.80. The Labute approximate surface area is 172 Å². The zero-order valence-electron chi connectivity index (χ0n) is 15.7.